The summed E-state index contributed by atoms with van der Waals surface area (Å²) < 4.78 is 2.67. The molecule has 0 saturated heterocycles. The second kappa shape index (κ2) is 13.1. The molecule has 9 aromatic carbocycles. The van der Waals surface area contributed by atoms with Crippen molar-refractivity contribution in [1.29, 1.82) is 0 Å². The third-order valence-corrected chi connectivity index (χ3v) is 13.2. The Labute approximate surface area is 351 Å². The van der Waals surface area contributed by atoms with Gasteiger partial charge in [-0.3, -0.25) is 0 Å². The number of hydrogen-bond acceptors (Lipinski definition) is 2. The number of anilines is 5. The molecule has 1 N–H and O–H groups in total. The molecule has 0 spiro atoms. The van der Waals surface area contributed by atoms with E-state index in [1.54, 1.807) is 0 Å². The topological polar surface area (TPSA) is 20.2 Å². The number of benzene rings is 9. The summed E-state index contributed by atoms with van der Waals surface area (Å²) in [6, 6.07) is 69.3. The first-order chi connectivity index (χ1) is 29.4. The highest BCUT2D eigenvalue weighted by atomic mass is 15.1. The Morgan fingerprint density at radius 3 is 1.95 bits per heavy atom. The van der Waals surface area contributed by atoms with Gasteiger partial charge in [-0.25, -0.2) is 0 Å². The van der Waals surface area contributed by atoms with Crippen molar-refractivity contribution in [1.82, 2.24) is 4.57 Å². The molecule has 284 valence electrons. The van der Waals surface area contributed by atoms with Gasteiger partial charge in [0.15, 0.2) is 7.28 Å². The predicted octanol–water partition coefficient (Wildman–Crippen LogP) is 13.1. The van der Waals surface area contributed by atoms with Crippen LogP contribution in [0.3, 0.4) is 0 Å². The van der Waals surface area contributed by atoms with E-state index in [1.165, 1.54) is 82.6 Å². The number of hydrogen-bond donors (Lipinski definition) is 1. The summed E-state index contributed by atoms with van der Waals surface area (Å²) in [5.74, 6) is 0. The lowest BCUT2D eigenvalue weighted by atomic mass is 9.57. The standard InChI is InChI=1S/C56H42BN3/c1-35-26-28-38(29-27-35)58-49-31-30-41(59(39-19-9-5-10-20-39)40-21-11-6-12-22-40)33-44(49)45-34-43(36-16-7-4-8-17-36)51-50-42-23-14-13-18-37(42)32-47-54(50)60-53-46(56(47,2)3)24-15-25-48(53)57-52(45)55(51)60/h4-34,57-58H,1-3H3. The predicted molar refractivity (Wildman–Crippen MR) is 257 cm³/mol. The van der Waals surface area contributed by atoms with Gasteiger partial charge in [-0.1, -0.05) is 146 Å². The van der Waals surface area contributed by atoms with Gasteiger partial charge in [0.25, 0.3) is 0 Å². The highest BCUT2D eigenvalue weighted by Crippen LogP contribution is 2.52. The minimum atomic E-state index is -0.178. The maximum Gasteiger partial charge on any atom is 0.198 e. The molecule has 0 atom stereocenters. The number of aryl methyl sites for hydroxylation is 1. The average Bonchev–Trinajstić information content (AvgIpc) is 3.65. The van der Waals surface area contributed by atoms with Gasteiger partial charge in [0, 0.05) is 61.4 Å². The van der Waals surface area contributed by atoms with Gasteiger partial charge in [-0.05, 0) is 118 Å². The van der Waals surface area contributed by atoms with Crippen LogP contribution in [-0.4, -0.2) is 11.8 Å². The quantitative estimate of drug-likeness (QED) is 0.163. The molecule has 1 aromatic heterocycles. The van der Waals surface area contributed by atoms with E-state index in [0.29, 0.717) is 0 Å². The van der Waals surface area contributed by atoms with Crippen molar-refractivity contribution in [2.24, 2.45) is 0 Å². The minimum Gasteiger partial charge on any atom is -0.355 e. The molecule has 60 heavy (non-hydrogen) atoms. The van der Waals surface area contributed by atoms with Crippen molar-refractivity contribution in [3.63, 3.8) is 0 Å². The van der Waals surface area contributed by atoms with Gasteiger partial charge < -0.3 is 14.8 Å². The zero-order valence-corrected chi connectivity index (χ0v) is 34.0. The fourth-order valence-electron chi connectivity index (χ4n) is 10.3. The van der Waals surface area contributed by atoms with Gasteiger partial charge in [-0.2, -0.15) is 0 Å². The summed E-state index contributed by atoms with van der Waals surface area (Å²) in [5, 5.41) is 9.19. The highest BCUT2D eigenvalue weighted by Gasteiger charge is 2.40. The third-order valence-electron chi connectivity index (χ3n) is 13.2. The lowest BCUT2D eigenvalue weighted by molar-refractivity contribution is 0.632. The molecule has 0 amide bonds. The second-order valence-electron chi connectivity index (χ2n) is 17.1. The van der Waals surface area contributed by atoms with Gasteiger partial charge in [0.05, 0.1) is 5.52 Å². The molecule has 0 bridgehead atoms. The molecule has 0 aliphatic carbocycles. The van der Waals surface area contributed by atoms with Crippen LogP contribution >= 0.6 is 0 Å². The molecule has 12 rings (SSSR count). The minimum absolute atomic E-state index is 0.178. The summed E-state index contributed by atoms with van der Waals surface area (Å²) >= 11 is 0. The number of rotatable bonds is 7. The number of fused-ring (bicyclic) bond motifs is 3. The molecule has 2 aliphatic rings. The Balaban J connectivity index is 1.24. The molecular formula is C56H42BN3. The molecule has 0 saturated carbocycles. The Kier molecular flexibility index (Phi) is 7.58. The van der Waals surface area contributed by atoms with Gasteiger partial charge in [0.2, 0.25) is 0 Å². The normalized spacial score (nSPS) is 13.2. The molecule has 3 heterocycles. The van der Waals surface area contributed by atoms with Gasteiger partial charge >= 0.3 is 0 Å². The van der Waals surface area contributed by atoms with Crippen LogP contribution in [0.15, 0.2) is 188 Å². The first kappa shape index (κ1) is 34.7. The smallest absolute Gasteiger partial charge is 0.198 e. The van der Waals surface area contributed by atoms with Crippen molar-refractivity contribution < 1.29 is 0 Å². The maximum atomic E-state index is 3.91. The Hall–Kier alpha value is -7.30. The summed E-state index contributed by atoms with van der Waals surface area (Å²) in [7, 11) is 0.832. The van der Waals surface area contributed by atoms with Crippen molar-refractivity contribution in [3.05, 3.63) is 205 Å². The van der Waals surface area contributed by atoms with Crippen LogP contribution < -0.4 is 21.1 Å². The molecule has 0 fully saturated rings. The third kappa shape index (κ3) is 5.10. The van der Waals surface area contributed by atoms with Crippen molar-refractivity contribution in [3.8, 4) is 27.9 Å². The van der Waals surface area contributed by atoms with Crippen LogP contribution in [0, 0.1) is 6.92 Å². The van der Waals surface area contributed by atoms with E-state index in [1.807, 2.05) is 0 Å². The number of para-hydroxylation sites is 3. The summed E-state index contributed by atoms with van der Waals surface area (Å²) in [6.07, 6.45) is 0. The second-order valence-corrected chi connectivity index (χ2v) is 17.1. The lowest BCUT2D eigenvalue weighted by Gasteiger charge is -2.38. The van der Waals surface area contributed by atoms with E-state index in [2.05, 4.69) is 224 Å². The molecular weight excluding hydrogens is 725 g/mol. The largest absolute Gasteiger partial charge is 0.355 e. The van der Waals surface area contributed by atoms with Crippen molar-refractivity contribution in [2.75, 3.05) is 10.2 Å². The number of aromatic nitrogens is 1. The van der Waals surface area contributed by atoms with E-state index in [4.69, 9.17) is 0 Å². The lowest BCUT2D eigenvalue weighted by Crippen LogP contribution is -2.41. The van der Waals surface area contributed by atoms with Gasteiger partial charge in [-0.15, -0.1) is 0 Å². The average molecular weight is 768 g/mol. The van der Waals surface area contributed by atoms with Crippen LogP contribution in [0.25, 0.3) is 60.5 Å². The summed E-state index contributed by atoms with van der Waals surface area (Å²) in [5.41, 5.74) is 20.9. The fourth-order valence-corrected chi connectivity index (χ4v) is 10.3. The fraction of sp³-hybridized carbons (Fsp3) is 0.0714. The van der Waals surface area contributed by atoms with E-state index in [0.717, 1.165) is 41.3 Å². The van der Waals surface area contributed by atoms with E-state index < -0.39 is 0 Å². The first-order valence-electron chi connectivity index (χ1n) is 21.1. The van der Waals surface area contributed by atoms with Crippen LogP contribution in [0.1, 0.15) is 30.5 Å². The van der Waals surface area contributed by atoms with Gasteiger partial charge in [0.1, 0.15) is 0 Å². The number of nitrogens with zero attached hydrogens (tertiary/aromatic N) is 2. The monoisotopic (exact) mass is 767 g/mol. The van der Waals surface area contributed by atoms with Crippen LogP contribution in [0.4, 0.5) is 28.4 Å². The van der Waals surface area contributed by atoms with Crippen LogP contribution in [0.2, 0.25) is 0 Å². The van der Waals surface area contributed by atoms with E-state index >= 15 is 0 Å². The first-order valence-corrected chi connectivity index (χ1v) is 21.1. The molecule has 0 unspecified atom stereocenters. The van der Waals surface area contributed by atoms with Crippen molar-refractivity contribution >= 4 is 79.2 Å². The summed E-state index contributed by atoms with van der Waals surface area (Å²) in [4.78, 5) is 2.37. The number of nitrogens with one attached hydrogen (secondary N) is 1. The molecule has 3 nitrogen and oxygen atoms in total. The SMILES string of the molecule is Cc1ccc(Nc2ccc(N(c3ccccc3)c3ccccc3)cc2-c2cc(-c3ccccc3)c3c4c5ccccc5cc5c4n4c3c2Bc2cccc(c2-4)C5(C)C)cc1. The molecule has 0 radical (unpaired) electrons. The Morgan fingerprint density at radius 2 is 1.22 bits per heavy atom. The maximum absolute atomic E-state index is 3.91. The molecule has 2 aliphatic heterocycles. The van der Waals surface area contributed by atoms with E-state index in [-0.39, 0.29) is 5.41 Å². The molecule has 4 heteroatoms. The van der Waals surface area contributed by atoms with Crippen molar-refractivity contribution in [2.45, 2.75) is 26.2 Å². The zero-order chi connectivity index (χ0) is 40.1. The zero-order valence-electron chi connectivity index (χ0n) is 34.0. The summed E-state index contributed by atoms with van der Waals surface area (Å²) in [6.45, 7) is 6.99. The van der Waals surface area contributed by atoms with E-state index in [9.17, 15) is 0 Å². The van der Waals surface area contributed by atoms with Crippen LogP contribution in [-0.2, 0) is 5.41 Å². The highest BCUT2D eigenvalue weighted by molar-refractivity contribution is 6.74. The van der Waals surface area contributed by atoms with Crippen LogP contribution in [0.5, 0.6) is 0 Å². The Bertz CT molecular complexity index is 3290. The molecule has 10 aromatic rings. The Morgan fingerprint density at radius 1 is 0.533 bits per heavy atom.